The van der Waals surface area contributed by atoms with E-state index < -0.39 is 67.9 Å². The highest BCUT2D eigenvalue weighted by Crippen LogP contribution is 2.17. The number of ether oxygens (including phenoxy) is 1. The summed E-state index contributed by atoms with van der Waals surface area (Å²) in [5, 5.41) is 80.2. The summed E-state index contributed by atoms with van der Waals surface area (Å²) in [6.07, 6.45) is -10.7. The highest BCUT2D eigenvalue weighted by Gasteiger charge is 2.41. The molecule has 9 atom stereocenters. The van der Waals surface area contributed by atoms with Crippen molar-refractivity contribution in [3.05, 3.63) is 0 Å². The molecular formula is C12H26N2O11. The topological polar surface area (TPSA) is 260 Å². The Hall–Kier alpha value is -0.810. The highest BCUT2D eigenvalue weighted by atomic mass is 16.6. The van der Waals surface area contributed by atoms with E-state index >= 15 is 0 Å². The number of carbonyl (C=O) groups is 1. The lowest BCUT2D eigenvalue weighted by Crippen LogP contribution is -2.61. The van der Waals surface area contributed by atoms with Crippen LogP contribution in [0, 0.1) is 0 Å². The van der Waals surface area contributed by atoms with E-state index in [4.69, 9.17) is 51.9 Å². The molecule has 25 heavy (non-hydrogen) atoms. The van der Waals surface area contributed by atoms with E-state index in [0.29, 0.717) is 0 Å². The van der Waals surface area contributed by atoms with Crippen LogP contribution in [0.1, 0.15) is 0 Å². The molecule has 1 heterocycles. The summed E-state index contributed by atoms with van der Waals surface area (Å²) in [7, 11) is 0. The smallest absolute Gasteiger partial charge is 0.199 e. The van der Waals surface area contributed by atoms with Crippen molar-refractivity contribution in [3.8, 4) is 0 Å². The van der Waals surface area contributed by atoms with Gasteiger partial charge in [0.1, 0.15) is 36.6 Å². The van der Waals surface area contributed by atoms with Crippen molar-refractivity contribution in [3.63, 3.8) is 0 Å². The summed E-state index contributed by atoms with van der Waals surface area (Å²) in [6, 6.07) is -1.04. The monoisotopic (exact) mass is 374 g/mol. The van der Waals surface area contributed by atoms with Gasteiger partial charge in [-0.05, 0) is 0 Å². The normalized spacial score (nSPS) is 35.6. The van der Waals surface area contributed by atoms with Crippen molar-refractivity contribution in [2.45, 2.75) is 54.7 Å². The van der Waals surface area contributed by atoms with E-state index in [0.717, 1.165) is 0 Å². The van der Waals surface area contributed by atoms with Crippen LogP contribution in [0.2, 0.25) is 0 Å². The van der Waals surface area contributed by atoms with E-state index in [9.17, 15) is 15.0 Å². The van der Waals surface area contributed by atoms with E-state index in [1.165, 1.54) is 0 Å². The lowest BCUT2D eigenvalue weighted by Gasteiger charge is -2.38. The van der Waals surface area contributed by atoms with Crippen LogP contribution >= 0.6 is 0 Å². The molecule has 0 saturated carbocycles. The third kappa shape index (κ3) is 6.45. The summed E-state index contributed by atoms with van der Waals surface area (Å²) in [5.74, 6) is 0. The van der Waals surface area contributed by atoms with E-state index in [-0.39, 0.29) is 6.29 Å². The van der Waals surface area contributed by atoms with Gasteiger partial charge >= 0.3 is 0 Å². The molecule has 1 rings (SSSR count). The van der Waals surface area contributed by atoms with Gasteiger partial charge < -0.3 is 56.4 Å². The number of rotatable bonds is 6. The minimum Gasteiger partial charge on any atom is -0.394 e. The molecule has 0 bridgehead atoms. The summed E-state index contributed by atoms with van der Waals surface area (Å²) in [6.45, 7) is -1.30. The number of carbonyl (C=O) groups excluding carboxylic acids is 1. The molecule has 1 saturated heterocycles. The zero-order valence-corrected chi connectivity index (χ0v) is 13.1. The average Bonchev–Trinajstić information content (AvgIpc) is 2.61. The molecule has 0 aromatic carbocycles. The maximum absolute atomic E-state index is 10.1. The molecule has 0 aromatic heterocycles. The van der Waals surface area contributed by atoms with Crippen LogP contribution in [0.3, 0.4) is 0 Å². The van der Waals surface area contributed by atoms with Gasteiger partial charge in [-0.1, -0.05) is 0 Å². The van der Waals surface area contributed by atoms with Crippen molar-refractivity contribution < 1.29 is 55.5 Å². The number of aldehydes is 1. The molecule has 1 unspecified atom stereocenters. The first-order chi connectivity index (χ1) is 11.4. The average molecular weight is 374 g/mol. The molecule has 0 aliphatic carbocycles. The van der Waals surface area contributed by atoms with Crippen LogP contribution < -0.4 is 11.5 Å². The fourth-order valence-corrected chi connectivity index (χ4v) is 1.78. The summed E-state index contributed by atoms with van der Waals surface area (Å²) < 4.78 is 4.70. The van der Waals surface area contributed by atoms with Crippen molar-refractivity contribution in [2.75, 3.05) is 13.2 Å². The summed E-state index contributed by atoms with van der Waals surface area (Å²) >= 11 is 0. The van der Waals surface area contributed by atoms with Crippen LogP contribution in [-0.4, -0.2) is 120 Å². The molecule has 0 spiro atoms. The SMILES string of the molecule is N[C@H]1C(O)O[C@H](CO)[C@@H](O)[C@@H]1O.N[C@](O)(C=O)[C@@H](O)[C@H](O)[C@H](O)CO. The zero-order valence-electron chi connectivity index (χ0n) is 13.1. The third-order valence-electron chi connectivity index (χ3n) is 3.52. The quantitative estimate of drug-likeness (QED) is 0.153. The second-order valence-electron chi connectivity index (χ2n) is 5.50. The molecule has 0 amide bonds. The molecule has 13 N–H and O–H groups in total. The van der Waals surface area contributed by atoms with Crippen LogP contribution in [0.5, 0.6) is 0 Å². The Labute approximate surface area is 142 Å². The first kappa shape index (κ1) is 24.2. The zero-order chi connectivity index (χ0) is 19.9. The van der Waals surface area contributed by atoms with Gasteiger partial charge in [-0.2, -0.15) is 0 Å². The van der Waals surface area contributed by atoms with Gasteiger partial charge in [0.15, 0.2) is 18.3 Å². The van der Waals surface area contributed by atoms with E-state index in [1.54, 1.807) is 0 Å². The largest absolute Gasteiger partial charge is 0.394 e. The van der Waals surface area contributed by atoms with Gasteiger partial charge in [0.2, 0.25) is 0 Å². The molecule has 1 aliphatic heterocycles. The van der Waals surface area contributed by atoms with Gasteiger partial charge in [0, 0.05) is 0 Å². The van der Waals surface area contributed by atoms with Crippen LogP contribution in [0.4, 0.5) is 0 Å². The summed E-state index contributed by atoms with van der Waals surface area (Å²) in [4.78, 5) is 10.1. The standard InChI is InChI=1S/C6H13NO6.C6H13NO5/c7-6(13,2-9)5(12)4(11)3(10)1-8;7-3-5(10)4(9)2(1-8)12-6(3)11/h2-5,8,10-13H,1,7H2;2-6,8-11H,1,7H2/t3-,4-,5+,6+;2-,3-,4-,5-,6?/m11/s1. The minimum absolute atomic E-state index is 0.176. The predicted octanol–water partition coefficient (Wildman–Crippen LogP) is -7.35. The van der Waals surface area contributed by atoms with Crippen LogP contribution in [0.15, 0.2) is 0 Å². The minimum atomic E-state index is -2.64. The number of hydrogen-bond acceptors (Lipinski definition) is 13. The van der Waals surface area contributed by atoms with Gasteiger partial charge in [0.05, 0.1) is 19.3 Å². The van der Waals surface area contributed by atoms with Crippen molar-refractivity contribution in [1.82, 2.24) is 0 Å². The molecule has 150 valence electrons. The van der Waals surface area contributed by atoms with Crippen molar-refractivity contribution in [2.24, 2.45) is 11.5 Å². The molecular weight excluding hydrogens is 348 g/mol. The van der Waals surface area contributed by atoms with Gasteiger partial charge in [-0.3, -0.25) is 10.5 Å². The van der Waals surface area contributed by atoms with Gasteiger partial charge in [-0.15, -0.1) is 0 Å². The Bertz CT molecular complexity index is 395. The lowest BCUT2D eigenvalue weighted by atomic mass is 9.98. The Morgan fingerprint density at radius 1 is 1.12 bits per heavy atom. The summed E-state index contributed by atoms with van der Waals surface area (Å²) in [5.41, 5.74) is 7.46. The second kappa shape index (κ2) is 10.4. The first-order valence-corrected chi connectivity index (χ1v) is 7.13. The Balaban J connectivity index is 0.000000462. The molecule has 1 fully saturated rings. The van der Waals surface area contributed by atoms with Gasteiger partial charge in [0.25, 0.3) is 0 Å². The number of nitrogens with two attached hydrogens (primary N) is 2. The second-order valence-corrected chi connectivity index (χ2v) is 5.50. The van der Waals surface area contributed by atoms with Crippen molar-refractivity contribution >= 4 is 6.29 Å². The predicted molar refractivity (Wildman–Crippen MR) is 78.3 cm³/mol. The van der Waals surface area contributed by atoms with E-state index in [2.05, 4.69) is 0 Å². The molecule has 1 aliphatic rings. The van der Waals surface area contributed by atoms with Crippen LogP contribution in [0.25, 0.3) is 0 Å². The lowest BCUT2D eigenvalue weighted by molar-refractivity contribution is -0.248. The maximum atomic E-state index is 10.1. The van der Waals surface area contributed by atoms with Crippen molar-refractivity contribution in [1.29, 1.82) is 0 Å². The fraction of sp³-hybridized carbons (Fsp3) is 0.917. The molecule has 13 heteroatoms. The molecule has 0 aromatic rings. The fourth-order valence-electron chi connectivity index (χ4n) is 1.78. The maximum Gasteiger partial charge on any atom is 0.199 e. The highest BCUT2D eigenvalue weighted by molar-refractivity contribution is 5.62. The number of aliphatic hydroxyl groups is 9. The first-order valence-electron chi connectivity index (χ1n) is 7.13. The Morgan fingerprint density at radius 3 is 2.04 bits per heavy atom. The molecule has 13 nitrogen and oxygen atoms in total. The number of aliphatic hydroxyl groups excluding tert-OH is 8. The van der Waals surface area contributed by atoms with Crippen LogP contribution in [-0.2, 0) is 9.53 Å². The number of hydrogen-bond donors (Lipinski definition) is 11. The van der Waals surface area contributed by atoms with Gasteiger partial charge in [-0.25, -0.2) is 0 Å². The van der Waals surface area contributed by atoms with E-state index in [1.807, 2.05) is 0 Å². The Kier molecular flexibility index (Phi) is 10.0. The molecule has 0 radical (unpaired) electrons. The third-order valence-corrected chi connectivity index (χ3v) is 3.52. The Morgan fingerprint density at radius 2 is 1.64 bits per heavy atom.